The van der Waals surface area contributed by atoms with Crippen molar-refractivity contribution in [3.8, 4) is 6.07 Å². The largest absolute Gasteiger partial charge is 0.227 e. The molecule has 1 saturated carbocycles. The third-order valence-electron chi connectivity index (χ3n) is 2.64. The third kappa shape index (κ3) is 3.33. The van der Waals surface area contributed by atoms with Crippen molar-refractivity contribution in [2.24, 2.45) is 0 Å². The highest BCUT2D eigenvalue weighted by Crippen LogP contribution is 2.23. The summed E-state index contributed by atoms with van der Waals surface area (Å²) in [6.07, 6.45) is 3.61. The lowest BCUT2D eigenvalue weighted by Gasteiger charge is -2.27. The summed E-state index contributed by atoms with van der Waals surface area (Å²) in [5.74, 6) is 0. The van der Waals surface area contributed by atoms with E-state index in [2.05, 4.69) is 4.72 Å². The van der Waals surface area contributed by atoms with Crippen LogP contribution < -0.4 is 4.72 Å². The van der Waals surface area contributed by atoms with Crippen LogP contribution in [0.4, 0.5) is 0 Å². The summed E-state index contributed by atoms with van der Waals surface area (Å²) >= 11 is 6.03. The van der Waals surface area contributed by atoms with E-state index in [1.165, 1.54) is 6.92 Å². The zero-order valence-corrected chi connectivity index (χ0v) is 10.2. The summed E-state index contributed by atoms with van der Waals surface area (Å²) in [6.45, 7) is 1.37. The lowest BCUT2D eigenvalue weighted by atomic mass is 9.96. The van der Waals surface area contributed by atoms with Gasteiger partial charge in [0.25, 0.3) is 0 Å². The van der Waals surface area contributed by atoms with Crippen molar-refractivity contribution in [1.29, 1.82) is 5.26 Å². The number of sulfonamides is 1. The molecule has 6 heteroatoms. The maximum atomic E-state index is 11.6. The van der Waals surface area contributed by atoms with Crippen LogP contribution in [0.1, 0.15) is 32.6 Å². The molecular weight excluding hydrogens is 236 g/mol. The van der Waals surface area contributed by atoms with Crippen LogP contribution in [-0.2, 0) is 10.0 Å². The van der Waals surface area contributed by atoms with Crippen molar-refractivity contribution in [2.45, 2.75) is 49.3 Å². The van der Waals surface area contributed by atoms with Crippen LogP contribution in [0.5, 0.6) is 0 Å². The highest BCUT2D eigenvalue weighted by Gasteiger charge is 2.30. The summed E-state index contributed by atoms with van der Waals surface area (Å²) in [4.78, 5) is 0. The van der Waals surface area contributed by atoms with E-state index in [0.29, 0.717) is 0 Å². The Morgan fingerprint density at radius 2 is 2.07 bits per heavy atom. The van der Waals surface area contributed by atoms with E-state index in [1.54, 1.807) is 6.07 Å². The molecule has 0 saturated heterocycles. The van der Waals surface area contributed by atoms with Gasteiger partial charge in [0.05, 0.1) is 6.07 Å². The summed E-state index contributed by atoms with van der Waals surface area (Å²) in [5, 5.41) is 7.39. The van der Waals surface area contributed by atoms with Crippen LogP contribution in [0, 0.1) is 11.3 Å². The fourth-order valence-electron chi connectivity index (χ4n) is 1.60. The zero-order valence-electron chi connectivity index (χ0n) is 8.61. The SMILES string of the molecule is CC(C#N)S(=O)(=O)NC1CCCCC1Cl. The van der Waals surface area contributed by atoms with Crippen molar-refractivity contribution in [3.05, 3.63) is 0 Å². The fourth-order valence-corrected chi connectivity index (χ4v) is 3.07. The van der Waals surface area contributed by atoms with Crippen LogP contribution in [0.3, 0.4) is 0 Å². The molecule has 0 bridgehead atoms. The van der Waals surface area contributed by atoms with Gasteiger partial charge in [0, 0.05) is 11.4 Å². The molecule has 0 amide bonds. The zero-order chi connectivity index (χ0) is 11.5. The van der Waals surface area contributed by atoms with Gasteiger partial charge in [0.1, 0.15) is 0 Å². The first-order valence-electron chi connectivity index (χ1n) is 5.02. The average molecular weight is 251 g/mol. The van der Waals surface area contributed by atoms with Gasteiger partial charge in [0.15, 0.2) is 5.25 Å². The molecule has 0 radical (unpaired) electrons. The van der Waals surface area contributed by atoms with Gasteiger partial charge in [0.2, 0.25) is 10.0 Å². The lowest BCUT2D eigenvalue weighted by molar-refractivity contribution is 0.417. The van der Waals surface area contributed by atoms with Crippen molar-refractivity contribution < 1.29 is 8.42 Å². The maximum Gasteiger partial charge on any atom is 0.227 e. The molecule has 3 unspecified atom stereocenters. The molecule has 0 aromatic carbocycles. The molecule has 4 nitrogen and oxygen atoms in total. The van der Waals surface area contributed by atoms with E-state index in [0.717, 1.165) is 25.7 Å². The van der Waals surface area contributed by atoms with E-state index < -0.39 is 15.3 Å². The Hall–Kier alpha value is -0.310. The minimum Gasteiger partial charge on any atom is -0.211 e. The van der Waals surface area contributed by atoms with Gasteiger partial charge in [-0.25, -0.2) is 13.1 Å². The number of nitrogens with one attached hydrogen (secondary N) is 1. The number of nitrogens with zero attached hydrogens (tertiary/aromatic N) is 1. The Morgan fingerprint density at radius 3 is 2.60 bits per heavy atom. The second-order valence-electron chi connectivity index (χ2n) is 3.84. The van der Waals surface area contributed by atoms with E-state index in [-0.39, 0.29) is 11.4 Å². The molecular formula is C9H15ClN2O2S. The Labute approximate surface area is 95.7 Å². The van der Waals surface area contributed by atoms with Gasteiger partial charge in [-0.2, -0.15) is 5.26 Å². The fraction of sp³-hybridized carbons (Fsp3) is 0.889. The Balaban J connectivity index is 2.65. The molecule has 1 rings (SSSR count). The first-order chi connectivity index (χ1) is 6.97. The number of rotatable bonds is 3. The predicted octanol–water partition coefficient (Wildman–Crippen LogP) is 1.37. The van der Waals surface area contributed by atoms with Crippen molar-refractivity contribution in [1.82, 2.24) is 4.72 Å². The molecule has 1 fully saturated rings. The van der Waals surface area contributed by atoms with E-state index in [9.17, 15) is 8.42 Å². The van der Waals surface area contributed by atoms with Crippen molar-refractivity contribution in [3.63, 3.8) is 0 Å². The van der Waals surface area contributed by atoms with E-state index in [4.69, 9.17) is 16.9 Å². The summed E-state index contributed by atoms with van der Waals surface area (Å²) in [7, 11) is -3.54. The number of nitriles is 1. The number of hydrogen-bond donors (Lipinski definition) is 1. The molecule has 1 aliphatic carbocycles. The highest BCUT2D eigenvalue weighted by molar-refractivity contribution is 7.90. The number of halogens is 1. The van der Waals surface area contributed by atoms with E-state index in [1.807, 2.05) is 0 Å². The number of alkyl halides is 1. The molecule has 0 heterocycles. The van der Waals surface area contributed by atoms with Crippen LogP contribution in [0.25, 0.3) is 0 Å². The Kier molecular flexibility index (Phi) is 4.38. The molecule has 15 heavy (non-hydrogen) atoms. The predicted molar refractivity (Wildman–Crippen MR) is 59.0 cm³/mol. The minimum atomic E-state index is -3.54. The molecule has 1 aliphatic rings. The third-order valence-corrected chi connectivity index (χ3v) is 4.83. The standard InChI is InChI=1S/C9H15ClN2O2S/c1-7(6-11)15(13,14)12-9-5-3-2-4-8(9)10/h7-9,12H,2-5H2,1H3. The molecule has 0 aromatic rings. The first-order valence-corrected chi connectivity index (χ1v) is 7.00. The molecule has 3 atom stereocenters. The van der Waals surface area contributed by atoms with Gasteiger partial charge < -0.3 is 0 Å². The second kappa shape index (κ2) is 5.15. The lowest BCUT2D eigenvalue weighted by Crippen LogP contribution is -2.45. The highest BCUT2D eigenvalue weighted by atomic mass is 35.5. The average Bonchev–Trinajstić information content (AvgIpc) is 2.20. The second-order valence-corrected chi connectivity index (χ2v) is 6.43. The topological polar surface area (TPSA) is 70.0 Å². The summed E-state index contributed by atoms with van der Waals surface area (Å²) in [5.41, 5.74) is 0. The Bertz CT molecular complexity index is 350. The van der Waals surface area contributed by atoms with Gasteiger partial charge in [-0.05, 0) is 19.8 Å². The van der Waals surface area contributed by atoms with Crippen LogP contribution in [0.15, 0.2) is 0 Å². The van der Waals surface area contributed by atoms with Crippen LogP contribution in [-0.4, -0.2) is 25.1 Å². The molecule has 0 aromatic heterocycles. The molecule has 86 valence electrons. The van der Waals surface area contributed by atoms with Gasteiger partial charge in [-0.1, -0.05) is 12.8 Å². The van der Waals surface area contributed by atoms with E-state index >= 15 is 0 Å². The normalized spacial score (nSPS) is 29.4. The maximum absolute atomic E-state index is 11.6. The quantitative estimate of drug-likeness (QED) is 0.769. The van der Waals surface area contributed by atoms with Gasteiger partial charge in [-0.15, -0.1) is 11.6 Å². The van der Waals surface area contributed by atoms with Gasteiger partial charge in [-0.3, -0.25) is 0 Å². The summed E-state index contributed by atoms with van der Waals surface area (Å²) in [6, 6.07) is 1.49. The molecule has 0 spiro atoms. The van der Waals surface area contributed by atoms with Crippen molar-refractivity contribution >= 4 is 21.6 Å². The minimum absolute atomic E-state index is 0.153. The first kappa shape index (κ1) is 12.8. The molecule has 1 N–H and O–H groups in total. The number of hydrogen-bond acceptors (Lipinski definition) is 3. The van der Waals surface area contributed by atoms with Gasteiger partial charge >= 0.3 is 0 Å². The van der Waals surface area contributed by atoms with Crippen LogP contribution >= 0.6 is 11.6 Å². The Morgan fingerprint density at radius 1 is 1.47 bits per heavy atom. The monoisotopic (exact) mass is 250 g/mol. The van der Waals surface area contributed by atoms with Crippen LogP contribution in [0.2, 0.25) is 0 Å². The molecule has 0 aliphatic heterocycles. The van der Waals surface area contributed by atoms with Crippen molar-refractivity contribution in [2.75, 3.05) is 0 Å². The smallest absolute Gasteiger partial charge is 0.211 e. The summed E-state index contributed by atoms with van der Waals surface area (Å²) < 4.78 is 25.7.